The summed E-state index contributed by atoms with van der Waals surface area (Å²) in [6.07, 6.45) is 8.68. The average Bonchev–Trinajstić information content (AvgIpc) is 3.32. The van der Waals surface area contributed by atoms with Gasteiger partial charge in [0.05, 0.1) is 23.1 Å². The van der Waals surface area contributed by atoms with Crippen molar-refractivity contribution in [2.75, 3.05) is 6.26 Å². The summed E-state index contributed by atoms with van der Waals surface area (Å²) < 4.78 is 30.8. The molecule has 136 valence electrons. The maximum Gasteiger partial charge on any atom is 0.175 e. The fourth-order valence-corrected chi connectivity index (χ4v) is 3.77. The van der Waals surface area contributed by atoms with Crippen LogP contribution in [0.2, 0.25) is 0 Å². The zero-order valence-corrected chi connectivity index (χ0v) is 15.9. The lowest BCUT2D eigenvalue weighted by atomic mass is 9.98. The summed E-state index contributed by atoms with van der Waals surface area (Å²) in [5.41, 5.74) is 6.21. The van der Waals surface area contributed by atoms with Gasteiger partial charge in [-0.2, -0.15) is 0 Å². The van der Waals surface area contributed by atoms with Crippen molar-refractivity contribution < 1.29 is 12.8 Å². The third-order valence-electron chi connectivity index (χ3n) is 4.56. The standard InChI is InChI=1S/C22H19NO3S/c1-16-9-11-23(14-16)22-8-5-18(19-10-12-26-15-19)13-21(22)17-3-6-20(7-4-17)27(2,24)25/h3-15H,1-2H3. The Labute approximate surface area is 158 Å². The maximum atomic E-state index is 11.8. The Bertz CT molecular complexity index is 1180. The van der Waals surface area contributed by atoms with Crippen LogP contribution in [0.4, 0.5) is 0 Å². The van der Waals surface area contributed by atoms with Crippen LogP contribution >= 0.6 is 0 Å². The number of aryl methyl sites for hydroxylation is 1. The Balaban J connectivity index is 1.89. The van der Waals surface area contributed by atoms with Gasteiger partial charge in [0.2, 0.25) is 0 Å². The molecule has 0 saturated carbocycles. The minimum atomic E-state index is -3.22. The molecule has 0 atom stereocenters. The first kappa shape index (κ1) is 17.4. The summed E-state index contributed by atoms with van der Waals surface area (Å²) in [6.45, 7) is 2.05. The van der Waals surface area contributed by atoms with Crippen LogP contribution in [0.25, 0.3) is 27.9 Å². The Morgan fingerprint density at radius 2 is 1.63 bits per heavy atom. The fraction of sp³-hybridized carbons (Fsp3) is 0.0909. The molecule has 4 rings (SSSR count). The summed E-state index contributed by atoms with van der Waals surface area (Å²) in [5.74, 6) is 0. The van der Waals surface area contributed by atoms with Crippen LogP contribution in [0, 0.1) is 6.92 Å². The zero-order chi connectivity index (χ0) is 19.0. The smallest absolute Gasteiger partial charge is 0.175 e. The normalized spacial score (nSPS) is 11.6. The van der Waals surface area contributed by atoms with Crippen LogP contribution in [-0.2, 0) is 9.84 Å². The van der Waals surface area contributed by atoms with E-state index in [0.717, 1.165) is 27.9 Å². The monoisotopic (exact) mass is 377 g/mol. The van der Waals surface area contributed by atoms with Gasteiger partial charge in [-0.3, -0.25) is 0 Å². The highest BCUT2D eigenvalue weighted by atomic mass is 32.2. The number of aromatic nitrogens is 1. The van der Waals surface area contributed by atoms with E-state index in [9.17, 15) is 8.42 Å². The number of rotatable bonds is 4. The van der Waals surface area contributed by atoms with E-state index in [4.69, 9.17) is 4.42 Å². The summed E-state index contributed by atoms with van der Waals surface area (Å²) in [7, 11) is -3.22. The molecular formula is C22H19NO3S. The zero-order valence-electron chi connectivity index (χ0n) is 15.1. The number of hydrogen-bond acceptors (Lipinski definition) is 3. The van der Waals surface area contributed by atoms with Crippen LogP contribution in [0.5, 0.6) is 0 Å². The quantitative estimate of drug-likeness (QED) is 0.496. The summed E-state index contributed by atoms with van der Waals surface area (Å²) in [5, 5.41) is 0. The number of furan rings is 1. The Morgan fingerprint density at radius 3 is 2.22 bits per heavy atom. The Morgan fingerprint density at radius 1 is 0.889 bits per heavy atom. The molecule has 5 heteroatoms. The molecule has 0 radical (unpaired) electrons. The first-order valence-corrected chi connectivity index (χ1v) is 10.4. The van der Waals surface area contributed by atoms with Crippen molar-refractivity contribution in [3.8, 4) is 27.9 Å². The van der Waals surface area contributed by atoms with Crippen LogP contribution < -0.4 is 0 Å². The molecule has 4 aromatic rings. The number of benzene rings is 2. The SMILES string of the molecule is Cc1ccn(-c2ccc(-c3ccoc3)cc2-c2ccc(S(C)(=O)=O)cc2)c1. The molecule has 0 fully saturated rings. The second-order valence-electron chi connectivity index (χ2n) is 6.64. The minimum absolute atomic E-state index is 0.315. The average molecular weight is 377 g/mol. The summed E-state index contributed by atoms with van der Waals surface area (Å²) in [6, 6.07) is 17.2. The van der Waals surface area contributed by atoms with E-state index in [-0.39, 0.29) is 0 Å². The van der Waals surface area contributed by atoms with Crippen molar-refractivity contribution in [3.63, 3.8) is 0 Å². The Hall–Kier alpha value is -3.05. The van der Waals surface area contributed by atoms with E-state index in [1.54, 1.807) is 24.7 Å². The molecular weight excluding hydrogens is 358 g/mol. The van der Waals surface area contributed by atoms with Gasteiger partial charge in [0.1, 0.15) is 0 Å². The van der Waals surface area contributed by atoms with E-state index in [1.165, 1.54) is 11.8 Å². The highest BCUT2D eigenvalue weighted by Crippen LogP contribution is 2.33. The largest absolute Gasteiger partial charge is 0.472 e. The van der Waals surface area contributed by atoms with Crippen LogP contribution in [-0.4, -0.2) is 19.2 Å². The topological polar surface area (TPSA) is 52.2 Å². The van der Waals surface area contributed by atoms with Crippen LogP contribution in [0.1, 0.15) is 5.56 Å². The molecule has 0 saturated heterocycles. The van der Waals surface area contributed by atoms with Gasteiger partial charge in [0.15, 0.2) is 9.84 Å². The lowest BCUT2D eigenvalue weighted by molar-refractivity contribution is 0.568. The van der Waals surface area contributed by atoms with E-state index in [1.807, 2.05) is 24.4 Å². The van der Waals surface area contributed by atoms with E-state index >= 15 is 0 Å². The molecule has 0 spiro atoms. The first-order chi connectivity index (χ1) is 12.9. The van der Waals surface area contributed by atoms with E-state index in [0.29, 0.717) is 4.90 Å². The van der Waals surface area contributed by atoms with Gasteiger partial charge < -0.3 is 8.98 Å². The van der Waals surface area contributed by atoms with Gasteiger partial charge in [-0.25, -0.2) is 8.42 Å². The molecule has 0 aliphatic rings. The van der Waals surface area contributed by atoms with Crippen molar-refractivity contribution in [1.29, 1.82) is 0 Å². The predicted octanol–water partition coefficient (Wildman–Crippen LogP) is 5.12. The minimum Gasteiger partial charge on any atom is -0.472 e. The molecule has 2 heterocycles. The van der Waals surface area contributed by atoms with Crippen molar-refractivity contribution in [1.82, 2.24) is 4.57 Å². The molecule has 0 aliphatic heterocycles. The second kappa shape index (κ2) is 6.59. The molecule has 0 amide bonds. The van der Waals surface area contributed by atoms with Crippen molar-refractivity contribution in [2.24, 2.45) is 0 Å². The molecule has 4 nitrogen and oxygen atoms in total. The summed E-state index contributed by atoms with van der Waals surface area (Å²) in [4.78, 5) is 0.315. The highest BCUT2D eigenvalue weighted by Gasteiger charge is 2.12. The fourth-order valence-electron chi connectivity index (χ4n) is 3.14. The van der Waals surface area contributed by atoms with Crippen molar-refractivity contribution in [3.05, 3.63) is 85.1 Å². The number of hydrogen-bond donors (Lipinski definition) is 0. The first-order valence-electron chi connectivity index (χ1n) is 8.54. The van der Waals surface area contributed by atoms with Gasteiger partial charge in [0.25, 0.3) is 0 Å². The van der Waals surface area contributed by atoms with Crippen molar-refractivity contribution in [2.45, 2.75) is 11.8 Å². The van der Waals surface area contributed by atoms with Crippen LogP contribution in [0.15, 0.2) is 88.8 Å². The highest BCUT2D eigenvalue weighted by molar-refractivity contribution is 7.90. The predicted molar refractivity (Wildman–Crippen MR) is 107 cm³/mol. The molecule has 0 aliphatic carbocycles. The van der Waals surface area contributed by atoms with Gasteiger partial charge >= 0.3 is 0 Å². The van der Waals surface area contributed by atoms with E-state index in [2.05, 4.69) is 42.0 Å². The number of nitrogens with zero attached hydrogens (tertiary/aromatic N) is 1. The van der Waals surface area contributed by atoms with Crippen LogP contribution in [0.3, 0.4) is 0 Å². The second-order valence-corrected chi connectivity index (χ2v) is 8.65. The third-order valence-corrected chi connectivity index (χ3v) is 5.69. The third kappa shape index (κ3) is 3.46. The van der Waals surface area contributed by atoms with Gasteiger partial charge in [-0.05, 0) is 60.0 Å². The molecule has 2 aromatic heterocycles. The van der Waals surface area contributed by atoms with E-state index < -0.39 is 9.84 Å². The molecule has 0 unspecified atom stereocenters. The molecule has 2 aromatic carbocycles. The lowest BCUT2D eigenvalue weighted by Gasteiger charge is -2.13. The Kier molecular flexibility index (Phi) is 4.24. The van der Waals surface area contributed by atoms with Gasteiger partial charge in [0, 0.05) is 29.8 Å². The number of sulfone groups is 1. The maximum absolute atomic E-state index is 11.8. The van der Waals surface area contributed by atoms with Crippen molar-refractivity contribution >= 4 is 9.84 Å². The summed E-state index contributed by atoms with van der Waals surface area (Å²) >= 11 is 0. The lowest BCUT2D eigenvalue weighted by Crippen LogP contribution is -1.98. The molecule has 27 heavy (non-hydrogen) atoms. The molecule has 0 N–H and O–H groups in total. The van der Waals surface area contributed by atoms with Gasteiger partial charge in [-0.15, -0.1) is 0 Å². The molecule has 0 bridgehead atoms. The van der Waals surface area contributed by atoms with Gasteiger partial charge in [-0.1, -0.05) is 18.2 Å².